The molecule has 2 aromatic heterocycles. The van der Waals surface area contributed by atoms with E-state index in [0.717, 1.165) is 22.0 Å². The fraction of sp³-hybridized carbons (Fsp3) is 0.222. The zero-order chi connectivity index (χ0) is 25.7. The van der Waals surface area contributed by atoms with Crippen molar-refractivity contribution < 1.29 is 9.18 Å². The molecule has 0 bridgehead atoms. The van der Waals surface area contributed by atoms with Crippen LogP contribution in [-0.4, -0.2) is 69.9 Å². The summed E-state index contributed by atoms with van der Waals surface area (Å²) in [6.45, 7) is 8.11. The van der Waals surface area contributed by atoms with E-state index >= 15 is 4.39 Å². The van der Waals surface area contributed by atoms with Gasteiger partial charge in [-0.2, -0.15) is 5.10 Å². The maximum absolute atomic E-state index is 16.5. The number of nitrogens with zero attached hydrogens (tertiary/aromatic N) is 6. The molecule has 0 aliphatic carbocycles. The van der Waals surface area contributed by atoms with E-state index < -0.39 is 5.82 Å². The molecule has 2 aromatic carbocycles. The first-order valence-electron chi connectivity index (χ1n) is 12.0. The molecule has 1 saturated heterocycles. The molecule has 0 radical (unpaired) electrons. The number of fused-ring (bicyclic) bond motifs is 2. The number of amides is 1. The zero-order valence-corrected chi connectivity index (χ0v) is 20.9. The third-order valence-electron chi connectivity index (χ3n) is 6.92. The number of nitrogens with one attached hydrogen (secondary N) is 1. The lowest BCUT2D eigenvalue weighted by Gasteiger charge is -2.35. The van der Waals surface area contributed by atoms with Crippen LogP contribution in [-0.2, 0) is 4.79 Å². The van der Waals surface area contributed by atoms with E-state index in [1.807, 2.05) is 30.0 Å². The number of rotatable bonds is 4. The SMILES string of the molecule is C=CC(=O)N1CCN(c2nc(C3=CCN=C3)nc3c(F)c(-c4c(C)ccc5[nH]ncc45)c(Cl)cc23)CC1. The van der Waals surface area contributed by atoms with Gasteiger partial charge in [-0.3, -0.25) is 14.9 Å². The molecule has 4 heterocycles. The average molecular weight is 516 g/mol. The Labute approximate surface area is 217 Å². The van der Waals surface area contributed by atoms with Crippen LogP contribution in [0.2, 0.25) is 5.02 Å². The number of aliphatic imine (C=N–C) groups is 1. The Balaban J connectivity index is 1.56. The molecule has 0 atom stereocenters. The Morgan fingerprint density at radius 2 is 1.97 bits per heavy atom. The zero-order valence-electron chi connectivity index (χ0n) is 20.1. The van der Waals surface area contributed by atoms with Crippen LogP contribution in [0.3, 0.4) is 0 Å². The summed E-state index contributed by atoms with van der Waals surface area (Å²) >= 11 is 6.80. The van der Waals surface area contributed by atoms with Crippen molar-refractivity contribution in [3.05, 3.63) is 65.4 Å². The van der Waals surface area contributed by atoms with Gasteiger partial charge in [-0.15, -0.1) is 0 Å². The number of carbonyl (C=O) groups is 1. The maximum atomic E-state index is 16.5. The summed E-state index contributed by atoms with van der Waals surface area (Å²) in [6.07, 6.45) is 6.62. The molecule has 1 amide bonds. The fourth-order valence-corrected chi connectivity index (χ4v) is 5.30. The first-order chi connectivity index (χ1) is 18.0. The quantitative estimate of drug-likeness (QED) is 0.402. The Morgan fingerprint density at radius 1 is 1.16 bits per heavy atom. The first kappa shape index (κ1) is 23.3. The minimum atomic E-state index is -0.514. The van der Waals surface area contributed by atoms with Crippen LogP contribution in [0.1, 0.15) is 11.4 Å². The van der Waals surface area contributed by atoms with Crippen molar-refractivity contribution in [1.82, 2.24) is 25.1 Å². The van der Waals surface area contributed by atoms with Gasteiger partial charge in [0.15, 0.2) is 11.6 Å². The summed E-state index contributed by atoms with van der Waals surface area (Å²) in [5.41, 5.74) is 3.55. The average Bonchev–Trinajstić information content (AvgIpc) is 3.62. The minimum absolute atomic E-state index is 0.109. The van der Waals surface area contributed by atoms with Gasteiger partial charge in [-0.25, -0.2) is 14.4 Å². The topological polar surface area (TPSA) is 90.4 Å². The molecule has 186 valence electrons. The van der Waals surface area contributed by atoms with E-state index in [0.29, 0.717) is 55.3 Å². The monoisotopic (exact) mass is 515 g/mol. The van der Waals surface area contributed by atoms with Crippen molar-refractivity contribution in [3.63, 3.8) is 0 Å². The smallest absolute Gasteiger partial charge is 0.246 e. The van der Waals surface area contributed by atoms with Crippen LogP contribution in [0, 0.1) is 12.7 Å². The molecule has 0 spiro atoms. The summed E-state index contributed by atoms with van der Waals surface area (Å²) < 4.78 is 16.5. The molecule has 2 aliphatic rings. The number of allylic oxidation sites excluding steroid dienone is 1. The van der Waals surface area contributed by atoms with Crippen molar-refractivity contribution in [1.29, 1.82) is 0 Å². The number of piperazine rings is 1. The lowest BCUT2D eigenvalue weighted by atomic mass is 9.95. The molecule has 1 N–H and O–H groups in total. The van der Waals surface area contributed by atoms with Crippen LogP contribution >= 0.6 is 11.6 Å². The van der Waals surface area contributed by atoms with Crippen molar-refractivity contribution in [2.45, 2.75) is 6.92 Å². The first-order valence-corrected chi connectivity index (χ1v) is 12.3. The Kier molecular flexibility index (Phi) is 5.72. The predicted molar refractivity (Wildman–Crippen MR) is 145 cm³/mol. The Hall–Kier alpha value is -4.11. The molecule has 6 rings (SSSR count). The predicted octanol–water partition coefficient (Wildman–Crippen LogP) is 4.58. The molecule has 4 aromatic rings. The van der Waals surface area contributed by atoms with E-state index in [9.17, 15) is 4.79 Å². The van der Waals surface area contributed by atoms with Crippen LogP contribution in [0.25, 0.3) is 38.5 Å². The number of carbonyl (C=O) groups excluding carboxylic acids is 1. The molecule has 1 fully saturated rings. The number of H-pyrrole nitrogens is 1. The van der Waals surface area contributed by atoms with Gasteiger partial charge in [-0.05, 0) is 30.7 Å². The van der Waals surface area contributed by atoms with Gasteiger partial charge in [0, 0.05) is 59.9 Å². The highest BCUT2D eigenvalue weighted by Crippen LogP contribution is 2.42. The second-order valence-electron chi connectivity index (χ2n) is 9.07. The molecule has 10 heteroatoms. The largest absolute Gasteiger partial charge is 0.352 e. The number of aromatic amines is 1. The summed E-state index contributed by atoms with van der Waals surface area (Å²) in [6, 6.07) is 5.57. The number of halogens is 2. The van der Waals surface area contributed by atoms with Crippen LogP contribution in [0.5, 0.6) is 0 Å². The third kappa shape index (κ3) is 3.86. The van der Waals surface area contributed by atoms with Gasteiger partial charge in [0.1, 0.15) is 11.3 Å². The highest BCUT2D eigenvalue weighted by Gasteiger charge is 2.27. The van der Waals surface area contributed by atoms with E-state index in [2.05, 4.69) is 26.8 Å². The number of anilines is 1. The molecular weight excluding hydrogens is 493 g/mol. The number of aryl methyl sites for hydroxylation is 1. The van der Waals surface area contributed by atoms with Gasteiger partial charge in [0.05, 0.1) is 23.3 Å². The van der Waals surface area contributed by atoms with Gasteiger partial charge < -0.3 is 9.80 Å². The van der Waals surface area contributed by atoms with E-state index in [4.69, 9.17) is 16.6 Å². The summed E-state index contributed by atoms with van der Waals surface area (Å²) in [7, 11) is 0. The lowest BCUT2D eigenvalue weighted by Crippen LogP contribution is -2.48. The maximum Gasteiger partial charge on any atom is 0.246 e. The number of aromatic nitrogens is 4. The van der Waals surface area contributed by atoms with Crippen molar-refractivity contribution in [2.75, 3.05) is 37.6 Å². The van der Waals surface area contributed by atoms with Crippen LogP contribution < -0.4 is 4.90 Å². The van der Waals surface area contributed by atoms with Crippen molar-refractivity contribution in [3.8, 4) is 11.1 Å². The third-order valence-corrected chi connectivity index (χ3v) is 7.21. The summed E-state index contributed by atoms with van der Waals surface area (Å²) in [5, 5.41) is 8.65. The molecular formula is C27H23ClFN7O. The van der Waals surface area contributed by atoms with Crippen molar-refractivity contribution in [2.24, 2.45) is 4.99 Å². The Morgan fingerprint density at radius 3 is 2.70 bits per heavy atom. The summed E-state index contributed by atoms with van der Waals surface area (Å²) in [4.78, 5) is 29.6. The molecule has 0 saturated carbocycles. The van der Waals surface area contributed by atoms with E-state index in [-0.39, 0.29) is 22.0 Å². The van der Waals surface area contributed by atoms with E-state index in [1.165, 1.54) is 6.08 Å². The summed E-state index contributed by atoms with van der Waals surface area (Å²) in [5.74, 6) is 0.360. The highest BCUT2D eigenvalue weighted by molar-refractivity contribution is 6.35. The minimum Gasteiger partial charge on any atom is -0.352 e. The van der Waals surface area contributed by atoms with Gasteiger partial charge in [0.2, 0.25) is 5.91 Å². The van der Waals surface area contributed by atoms with Crippen LogP contribution in [0.15, 0.2) is 48.1 Å². The number of benzene rings is 2. The normalized spacial score (nSPS) is 15.6. The van der Waals surface area contributed by atoms with Crippen LogP contribution in [0.4, 0.5) is 10.2 Å². The van der Waals surface area contributed by atoms with E-state index in [1.54, 1.807) is 23.4 Å². The number of hydrogen-bond donors (Lipinski definition) is 1. The molecule has 0 unspecified atom stereocenters. The van der Waals surface area contributed by atoms with Crippen molar-refractivity contribution >= 4 is 56.9 Å². The lowest BCUT2D eigenvalue weighted by molar-refractivity contribution is -0.126. The second kappa shape index (κ2) is 9.08. The van der Waals surface area contributed by atoms with Gasteiger partial charge in [-0.1, -0.05) is 30.3 Å². The second-order valence-corrected chi connectivity index (χ2v) is 9.48. The fourth-order valence-electron chi connectivity index (χ4n) is 5.01. The number of hydrogen-bond acceptors (Lipinski definition) is 6. The van der Waals surface area contributed by atoms with Gasteiger partial charge in [0.25, 0.3) is 0 Å². The molecule has 2 aliphatic heterocycles. The highest BCUT2D eigenvalue weighted by atomic mass is 35.5. The van der Waals surface area contributed by atoms with Gasteiger partial charge >= 0.3 is 0 Å². The Bertz CT molecular complexity index is 1650. The molecule has 37 heavy (non-hydrogen) atoms. The molecule has 8 nitrogen and oxygen atoms in total. The standard InChI is InChI=1S/C27H23ClFN7O/c1-3-21(37)35-8-10-36(11-9-35)27-17-12-19(28)23(22-15(2)4-5-20-18(22)14-31-34-20)24(29)25(17)32-26(33-27)16-6-7-30-13-16/h3-6,12-14H,1,7-11H2,2H3,(H,31,34).